The summed E-state index contributed by atoms with van der Waals surface area (Å²) in [5, 5.41) is 15.3. The van der Waals surface area contributed by atoms with Crippen molar-refractivity contribution in [1.82, 2.24) is 9.88 Å². The SMILES string of the molecule is CC(C)C(NC(=O)c1ccco1)C(=O)Nc1ccc2c(ccn2CC(=O)O)c1. The van der Waals surface area contributed by atoms with Gasteiger partial charge < -0.3 is 24.7 Å². The van der Waals surface area contributed by atoms with Gasteiger partial charge in [-0.05, 0) is 42.3 Å². The third-order valence-electron chi connectivity index (χ3n) is 4.32. The van der Waals surface area contributed by atoms with Crippen LogP contribution in [0.1, 0.15) is 24.4 Å². The van der Waals surface area contributed by atoms with Gasteiger partial charge in [-0.2, -0.15) is 0 Å². The molecule has 1 atom stereocenters. The topological polar surface area (TPSA) is 114 Å². The third kappa shape index (κ3) is 4.22. The molecule has 1 aromatic carbocycles. The predicted octanol–water partition coefficient (Wildman–Crippen LogP) is 2.71. The molecular formula is C20H21N3O5. The first-order valence-corrected chi connectivity index (χ1v) is 8.81. The van der Waals surface area contributed by atoms with Gasteiger partial charge in [0, 0.05) is 22.8 Å². The summed E-state index contributed by atoms with van der Waals surface area (Å²) in [4.78, 5) is 35.8. The number of aromatic nitrogens is 1. The molecule has 0 spiro atoms. The van der Waals surface area contributed by atoms with Crippen LogP contribution in [-0.4, -0.2) is 33.5 Å². The highest BCUT2D eigenvalue weighted by Crippen LogP contribution is 2.21. The second kappa shape index (κ2) is 7.99. The first kappa shape index (κ1) is 19.2. The minimum absolute atomic E-state index is 0.135. The molecule has 0 aliphatic heterocycles. The zero-order chi connectivity index (χ0) is 20.3. The highest BCUT2D eigenvalue weighted by atomic mass is 16.4. The molecular weight excluding hydrogens is 362 g/mol. The first-order chi connectivity index (χ1) is 13.3. The number of carboxylic acid groups (broad SMARTS) is 1. The largest absolute Gasteiger partial charge is 0.480 e. The van der Waals surface area contributed by atoms with Crippen molar-refractivity contribution in [2.45, 2.75) is 26.4 Å². The number of benzene rings is 1. The zero-order valence-corrected chi connectivity index (χ0v) is 15.5. The number of carbonyl (C=O) groups is 3. The van der Waals surface area contributed by atoms with Gasteiger partial charge in [-0.25, -0.2) is 0 Å². The van der Waals surface area contributed by atoms with Crippen molar-refractivity contribution in [2.24, 2.45) is 5.92 Å². The minimum atomic E-state index is -0.929. The Kier molecular flexibility index (Phi) is 5.49. The van der Waals surface area contributed by atoms with Crippen molar-refractivity contribution in [3.63, 3.8) is 0 Å². The molecule has 1 unspecified atom stereocenters. The van der Waals surface area contributed by atoms with E-state index in [9.17, 15) is 14.4 Å². The molecule has 0 radical (unpaired) electrons. The summed E-state index contributed by atoms with van der Waals surface area (Å²) in [6.45, 7) is 3.53. The number of carbonyl (C=O) groups excluding carboxylic acids is 2. The van der Waals surface area contributed by atoms with Gasteiger partial charge in [0.25, 0.3) is 5.91 Å². The fourth-order valence-corrected chi connectivity index (χ4v) is 2.94. The van der Waals surface area contributed by atoms with Crippen LogP contribution in [0.15, 0.2) is 53.3 Å². The Morgan fingerprint density at radius 2 is 1.96 bits per heavy atom. The van der Waals surface area contributed by atoms with Crippen LogP contribution in [0.3, 0.4) is 0 Å². The average Bonchev–Trinajstić information content (AvgIpc) is 3.29. The molecule has 2 heterocycles. The van der Waals surface area contributed by atoms with Crippen LogP contribution in [0.25, 0.3) is 10.9 Å². The van der Waals surface area contributed by atoms with Crippen LogP contribution in [-0.2, 0) is 16.1 Å². The Hall–Kier alpha value is -3.55. The molecule has 3 N–H and O–H groups in total. The summed E-state index contributed by atoms with van der Waals surface area (Å²) in [6, 6.07) is 9.38. The minimum Gasteiger partial charge on any atom is -0.480 e. The number of nitrogens with zero attached hydrogens (tertiary/aromatic N) is 1. The summed E-state index contributed by atoms with van der Waals surface area (Å²) in [5.41, 5.74) is 1.32. The molecule has 0 aliphatic rings. The number of aliphatic carboxylic acids is 1. The van der Waals surface area contributed by atoms with E-state index in [1.807, 2.05) is 13.8 Å². The maximum atomic E-state index is 12.7. The fraction of sp³-hybridized carbons (Fsp3) is 0.250. The van der Waals surface area contributed by atoms with Crippen LogP contribution in [0.2, 0.25) is 0 Å². The summed E-state index contributed by atoms with van der Waals surface area (Å²) in [6.07, 6.45) is 3.08. The van der Waals surface area contributed by atoms with E-state index in [0.29, 0.717) is 5.69 Å². The molecule has 3 aromatic rings. The van der Waals surface area contributed by atoms with Crippen molar-refractivity contribution >= 4 is 34.4 Å². The Bertz CT molecular complexity index is 1000. The normalized spacial score (nSPS) is 12.1. The van der Waals surface area contributed by atoms with E-state index in [4.69, 9.17) is 9.52 Å². The number of carboxylic acids is 1. The second-order valence-electron chi connectivity index (χ2n) is 6.77. The van der Waals surface area contributed by atoms with Gasteiger partial charge in [-0.3, -0.25) is 14.4 Å². The molecule has 28 heavy (non-hydrogen) atoms. The molecule has 8 heteroatoms. The van der Waals surface area contributed by atoms with Gasteiger partial charge in [0.2, 0.25) is 5.91 Å². The number of furan rings is 1. The molecule has 3 rings (SSSR count). The third-order valence-corrected chi connectivity index (χ3v) is 4.32. The summed E-state index contributed by atoms with van der Waals surface area (Å²) in [7, 11) is 0. The van der Waals surface area contributed by atoms with Crippen LogP contribution in [0.5, 0.6) is 0 Å². The van der Waals surface area contributed by atoms with Crippen molar-refractivity contribution in [3.05, 3.63) is 54.6 Å². The first-order valence-electron chi connectivity index (χ1n) is 8.81. The number of hydrogen-bond acceptors (Lipinski definition) is 4. The van der Waals surface area contributed by atoms with Crippen LogP contribution in [0, 0.1) is 5.92 Å². The van der Waals surface area contributed by atoms with Gasteiger partial charge in [-0.15, -0.1) is 0 Å². The highest BCUT2D eigenvalue weighted by Gasteiger charge is 2.25. The lowest BCUT2D eigenvalue weighted by atomic mass is 10.0. The van der Waals surface area contributed by atoms with E-state index in [0.717, 1.165) is 10.9 Å². The van der Waals surface area contributed by atoms with Gasteiger partial charge in [0.15, 0.2) is 5.76 Å². The number of fused-ring (bicyclic) bond motifs is 1. The van der Waals surface area contributed by atoms with Gasteiger partial charge in [-0.1, -0.05) is 13.8 Å². The van der Waals surface area contributed by atoms with E-state index in [2.05, 4.69) is 10.6 Å². The summed E-state index contributed by atoms with van der Waals surface area (Å²) < 4.78 is 6.68. The molecule has 0 saturated heterocycles. The lowest BCUT2D eigenvalue weighted by Crippen LogP contribution is -2.47. The number of hydrogen-bond donors (Lipinski definition) is 3. The predicted molar refractivity (Wildman–Crippen MR) is 103 cm³/mol. The molecule has 0 bridgehead atoms. The maximum absolute atomic E-state index is 12.7. The summed E-state index contributed by atoms with van der Waals surface area (Å²) in [5.74, 6) is -1.74. The van der Waals surface area contributed by atoms with Crippen molar-refractivity contribution in [3.8, 4) is 0 Å². The zero-order valence-electron chi connectivity index (χ0n) is 15.5. The quantitative estimate of drug-likeness (QED) is 0.580. The van der Waals surface area contributed by atoms with Crippen molar-refractivity contribution < 1.29 is 23.9 Å². The number of anilines is 1. The van der Waals surface area contributed by atoms with E-state index >= 15 is 0 Å². The highest BCUT2D eigenvalue weighted by molar-refractivity contribution is 6.01. The molecule has 0 fully saturated rings. The van der Waals surface area contributed by atoms with E-state index < -0.39 is 17.9 Å². The Labute approximate surface area is 161 Å². The van der Waals surface area contributed by atoms with E-state index in [1.54, 1.807) is 41.1 Å². The van der Waals surface area contributed by atoms with E-state index in [1.165, 1.54) is 12.3 Å². The molecule has 8 nitrogen and oxygen atoms in total. The van der Waals surface area contributed by atoms with Gasteiger partial charge in [0.05, 0.1) is 6.26 Å². The van der Waals surface area contributed by atoms with Gasteiger partial charge >= 0.3 is 5.97 Å². The lowest BCUT2D eigenvalue weighted by molar-refractivity contribution is -0.137. The number of amides is 2. The van der Waals surface area contributed by atoms with Crippen molar-refractivity contribution in [1.29, 1.82) is 0 Å². The van der Waals surface area contributed by atoms with Gasteiger partial charge in [0.1, 0.15) is 12.6 Å². The monoisotopic (exact) mass is 383 g/mol. The summed E-state index contributed by atoms with van der Waals surface area (Å²) >= 11 is 0. The molecule has 0 aliphatic carbocycles. The second-order valence-corrected chi connectivity index (χ2v) is 6.77. The maximum Gasteiger partial charge on any atom is 0.323 e. The smallest absolute Gasteiger partial charge is 0.323 e. The average molecular weight is 383 g/mol. The van der Waals surface area contributed by atoms with Crippen molar-refractivity contribution in [2.75, 3.05) is 5.32 Å². The standard InChI is InChI=1S/C20H21N3O5/c1-12(2)18(22-19(26)16-4-3-9-28-16)20(27)21-14-5-6-15-13(10-14)7-8-23(15)11-17(24)25/h3-10,12,18H,11H2,1-2H3,(H,21,27)(H,22,26)(H,24,25). The Balaban J connectivity index is 1.74. The molecule has 2 aromatic heterocycles. The lowest BCUT2D eigenvalue weighted by Gasteiger charge is -2.21. The van der Waals surface area contributed by atoms with E-state index in [-0.39, 0.29) is 24.1 Å². The number of rotatable bonds is 7. The Morgan fingerprint density at radius 1 is 1.18 bits per heavy atom. The Morgan fingerprint density at radius 3 is 2.61 bits per heavy atom. The van der Waals surface area contributed by atoms with Crippen LogP contribution >= 0.6 is 0 Å². The number of nitrogens with one attached hydrogen (secondary N) is 2. The molecule has 2 amide bonds. The van der Waals surface area contributed by atoms with Crippen LogP contribution < -0.4 is 10.6 Å². The molecule has 146 valence electrons. The molecule has 0 saturated carbocycles. The fourth-order valence-electron chi connectivity index (χ4n) is 2.94. The van der Waals surface area contributed by atoms with Crippen LogP contribution in [0.4, 0.5) is 5.69 Å².